The van der Waals surface area contributed by atoms with E-state index in [9.17, 15) is 4.79 Å². The summed E-state index contributed by atoms with van der Waals surface area (Å²) in [5.41, 5.74) is 7.50. The molecular weight excluding hydrogens is 347 g/mol. The minimum atomic E-state index is -0.478. The fourth-order valence-electron chi connectivity index (χ4n) is 2.04. The standard InChI is InChI=1S/C14H19ClN4O.2ClH/c1-8(2)5-10(16)14(20)17-7-13-18-11-4-3-9(15)6-12(11)19-13;;/h3-4,6,8,10H,5,7,16H2,1-2H3,(H,17,20)(H,18,19);2*1H/t10-;;/m1../s1. The van der Waals surface area contributed by atoms with Crippen molar-refractivity contribution in [2.24, 2.45) is 11.7 Å². The van der Waals surface area contributed by atoms with E-state index in [1.807, 2.05) is 19.9 Å². The van der Waals surface area contributed by atoms with Crippen molar-refractivity contribution in [3.63, 3.8) is 0 Å². The SMILES string of the molecule is CC(C)C[C@@H](N)C(=O)NCc1nc2ccc(Cl)cc2[nH]1.Cl.Cl. The normalized spacial score (nSPS) is 11.7. The molecule has 1 aromatic carbocycles. The Kier molecular flexibility index (Phi) is 8.78. The molecule has 124 valence electrons. The molecule has 0 radical (unpaired) electrons. The van der Waals surface area contributed by atoms with E-state index in [4.69, 9.17) is 17.3 Å². The van der Waals surface area contributed by atoms with Crippen molar-refractivity contribution in [2.75, 3.05) is 0 Å². The number of nitrogens with two attached hydrogens (primary N) is 1. The first-order valence-electron chi connectivity index (χ1n) is 6.63. The third-order valence-corrected chi connectivity index (χ3v) is 3.22. The summed E-state index contributed by atoms with van der Waals surface area (Å²) >= 11 is 5.91. The lowest BCUT2D eigenvalue weighted by Crippen LogP contribution is -2.41. The van der Waals surface area contributed by atoms with Crippen molar-refractivity contribution in [3.8, 4) is 0 Å². The summed E-state index contributed by atoms with van der Waals surface area (Å²) in [6.07, 6.45) is 0.668. The van der Waals surface area contributed by atoms with Gasteiger partial charge in [-0.25, -0.2) is 4.98 Å². The van der Waals surface area contributed by atoms with E-state index >= 15 is 0 Å². The summed E-state index contributed by atoms with van der Waals surface area (Å²) < 4.78 is 0. The van der Waals surface area contributed by atoms with E-state index in [0.29, 0.717) is 29.7 Å². The van der Waals surface area contributed by atoms with Crippen LogP contribution < -0.4 is 11.1 Å². The number of rotatable bonds is 5. The van der Waals surface area contributed by atoms with Crippen LogP contribution in [0, 0.1) is 5.92 Å². The van der Waals surface area contributed by atoms with Crippen LogP contribution in [0.25, 0.3) is 11.0 Å². The Labute approximate surface area is 147 Å². The highest BCUT2D eigenvalue weighted by Crippen LogP contribution is 2.17. The predicted octanol–water partition coefficient (Wildman–Crippen LogP) is 3.05. The lowest BCUT2D eigenvalue weighted by Gasteiger charge is -2.13. The van der Waals surface area contributed by atoms with Crippen LogP contribution in [0.2, 0.25) is 5.02 Å². The van der Waals surface area contributed by atoms with E-state index in [0.717, 1.165) is 11.0 Å². The number of carbonyl (C=O) groups excluding carboxylic acids is 1. The number of aromatic amines is 1. The van der Waals surface area contributed by atoms with Gasteiger partial charge in [-0.1, -0.05) is 25.4 Å². The van der Waals surface area contributed by atoms with Gasteiger partial charge in [-0.2, -0.15) is 0 Å². The van der Waals surface area contributed by atoms with E-state index in [1.165, 1.54) is 0 Å². The number of benzene rings is 1. The van der Waals surface area contributed by atoms with E-state index in [1.54, 1.807) is 12.1 Å². The smallest absolute Gasteiger partial charge is 0.237 e. The van der Waals surface area contributed by atoms with Gasteiger partial charge in [0.2, 0.25) is 5.91 Å². The van der Waals surface area contributed by atoms with Crippen LogP contribution in [-0.2, 0) is 11.3 Å². The maximum absolute atomic E-state index is 11.8. The molecule has 0 aliphatic rings. The van der Waals surface area contributed by atoms with Gasteiger partial charge in [0.15, 0.2) is 0 Å². The number of imidazole rings is 1. The van der Waals surface area contributed by atoms with Crippen LogP contribution in [0.5, 0.6) is 0 Å². The first-order chi connectivity index (χ1) is 9.45. The molecule has 0 bridgehead atoms. The topological polar surface area (TPSA) is 83.8 Å². The summed E-state index contributed by atoms with van der Waals surface area (Å²) in [7, 11) is 0. The molecule has 4 N–H and O–H groups in total. The summed E-state index contributed by atoms with van der Waals surface area (Å²) in [6, 6.07) is 4.95. The number of carbonyl (C=O) groups is 1. The molecule has 0 unspecified atom stereocenters. The molecule has 0 aliphatic carbocycles. The third-order valence-electron chi connectivity index (χ3n) is 2.99. The Morgan fingerprint density at radius 1 is 1.41 bits per heavy atom. The van der Waals surface area contributed by atoms with Crippen molar-refractivity contribution in [1.82, 2.24) is 15.3 Å². The molecule has 2 rings (SSSR count). The Morgan fingerprint density at radius 2 is 2.09 bits per heavy atom. The van der Waals surface area contributed by atoms with E-state index in [-0.39, 0.29) is 30.7 Å². The molecular formula is C14H21Cl3N4O. The van der Waals surface area contributed by atoms with Gasteiger partial charge in [0.25, 0.3) is 0 Å². The molecule has 1 amide bonds. The highest BCUT2D eigenvalue weighted by Gasteiger charge is 2.15. The molecule has 5 nitrogen and oxygen atoms in total. The van der Waals surface area contributed by atoms with Gasteiger partial charge in [0.05, 0.1) is 23.6 Å². The third kappa shape index (κ3) is 5.65. The Balaban J connectivity index is 0.00000220. The second-order valence-corrected chi connectivity index (χ2v) is 5.74. The lowest BCUT2D eigenvalue weighted by atomic mass is 10.0. The maximum Gasteiger partial charge on any atom is 0.237 e. The minimum absolute atomic E-state index is 0. The van der Waals surface area contributed by atoms with Crippen molar-refractivity contribution in [1.29, 1.82) is 0 Å². The van der Waals surface area contributed by atoms with Crippen LogP contribution >= 0.6 is 36.4 Å². The summed E-state index contributed by atoms with van der Waals surface area (Å²) in [6.45, 7) is 4.41. The second-order valence-electron chi connectivity index (χ2n) is 5.30. The number of nitrogens with zero attached hydrogens (tertiary/aromatic N) is 1. The highest BCUT2D eigenvalue weighted by molar-refractivity contribution is 6.31. The van der Waals surface area contributed by atoms with Gasteiger partial charge < -0.3 is 16.0 Å². The molecule has 0 saturated carbocycles. The van der Waals surface area contributed by atoms with Crippen molar-refractivity contribution >= 4 is 53.4 Å². The van der Waals surface area contributed by atoms with E-state index < -0.39 is 6.04 Å². The summed E-state index contributed by atoms with van der Waals surface area (Å²) in [5, 5.41) is 3.44. The molecule has 22 heavy (non-hydrogen) atoms. The maximum atomic E-state index is 11.8. The summed E-state index contributed by atoms with van der Waals surface area (Å²) in [4.78, 5) is 19.3. The molecule has 0 fully saturated rings. The van der Waals surface area contributed by atoms with Crippen LogP contribution in [0.4, 0.5) is 0 Å². The first-order valence-corrected chi connectivity index (χ1v) is 7.01. The van der Waals surface area contributed by atoms with Crippen LogP contribution in [-0.4, -0.2) is 21.9 Å². The summed E-state index contributed by atoms with van der Waals surface area (Å²) in [5.74, 6) is 0.925. The van der Waals surface area contributed by atoms with Gasteiger partial charge in [0, 0.05) is 5.02 Å². The number of amides is 1. The predicted molar refractivity (Wildman–Crippen MR) is 94.9 cm³/mol. The molecule has 1 aromatic heterocycles. The molecule has 1 heterocycles. The number of fused-ring (bicyclic) bond motifs is 1. The average Bonchev–Trinajstić information content (AvgIpc) is 2.76. The molecule has 8 heteroatoms. The fourth-order valence-corrected chi connectivity index (χ4v) is 2.21. The zero-order valence-electron chi connectivity index (χ0n) is 12.4. The molecule has 0 saturated heterocycles. The van der Waals surface area contributed by atoms with Gasteiger partial charge >= 0.3 is 0 Å². The number of nitrogens with one attached hydrogen (secondary N) is 2. The van der Waals surface area contributed by atoms with Crippen LogP contribution in [0.3, 0.4) is 0 Å². The lowest BCUT2D eigenvalue weighted by molar-refractivity contribution is -0.122. The molecule has 0 spiro atoms. The fraction of sp³-hybridized carbons (Fsp3) is 0.429. The Bertz CT molecular complexity index is 615. The first kappa shape index (κ1) is 21.0. The van der Waals surface area contributed by atoms with Gasteiger partial charge in [-0.15, -0.1) is 24.8 Å². The van der Waals surface area contributed by atoms with Crippen molar-refractivity contribution in [3.05, 3.63) is 29.0 Å². The average molecular weight is 368 g/mol. The van der Waals surface area contributed by atoms with Crippen molar-refractivity contribution in [2.45, 2.75) is 32.9 Å². The minimum Gasteiger partial charge on any atom is -0.348 e. The van der Waals surface area contributed by atoms with Crippen molar-refractivity contribution < 1.29 is 4.79 Å². The largest absolute Gasteiger partial charge is 0.348 e. The second kappa shape index (κ2) is 9.20. The number of H-pyrrole nitrogens is 1. The number of hydrogen-bond donors (Lipinski definition) is 3. The molecule has 2 aromatic rings. The van der Waals surface area contributed by atoms with Crippen LogP contribution in [0.1, 0.15) is 26.1 Å². The monoisotopic (exact) mass is 366 g/mol. The number of aromatic nitrogens is 2. The molecule has 0 aliphatic heterocycles. The Morgan fingerprint density at radius 3 is 2.73 bits per heavy atom. The van der Waals surface area contributed by atoms with Gasteiger partial charge in [-0.05, 0) is 30.5 Å². The van der Waals surface area contributed by atoms with E-state index in [2.05, 4.69) is 15.3 Å². The number of halogens is 3. The number of hydrogen-bond acceptors (Lipinski definition) is 3. The quantitative estimate of drug-likeness (QED) is 0.759. The molecule has 1 atom stereocenters. The zero-order chi connectivity index (χ0) is 14.7. The van der Waals surface area contributed by atoms with Crippen LogP contribution in [0.15, 0.2) is 18.2 Å². The van der Waals surface area contributed by atoms with Gasteiger partial charge in [0.1, 0.15) is 5.82 Å². The Hall–Kier alpha value is -1.01. The zero-order valence-corrected chi connectivity index (χ0v) is 14.8. The highest BCUT2D eigenvalue weighted by atomic mass is 35.5. The van der Waals surface area contributed by atoms with Gasteiger partial charge in [-0.3, -0.25) is 4.79 Å².